The number of hydrogen-bond acceptors (Lipinski definition) is 2. The van der Waals surface area contributed by atoms with Crippen molar-refractivity contribution in [3.05, 3.63) is 212 Å². The Hall–Kier alpha value is -5.86. The summed E-state index contributed by atoms with van der Waals surface area (Å²) in [6.45, 7) is 19.1. The molecule has 2 nitrogen and oxygen atoms in total. The molecule has 1 aliphatic rings. The van der Waals surface area contributed by atoms with Crippen LogP contribution in [0, 0.1) is 0 Å². The van der Waals surface area contributed by atoms with Gasteiger partial charge in [0.05, 0.1) is 5.69 Å². The van der Waals surface area contributed by atoms with Crippen LogP contribution in [0.15, 0.2) is 212 Å². The summed E-state index contributed by atoms with van der Waals surface area (Å²) in [5.74, 6) is 0. The standard InChI is InChI=1S/C28H27N.C20H21N.C2H6/c1-5-13-22(3)23(4)20-21-25(6-2)29(26-16-8-7-9-17-26)28-19-12-15-24-14-10-11-18-27(24)28;1-2-3-16-21(18-12-5-4-6-13-18)20-15-9-11-17-10-7-8-14-19(17)20;1-2/h5-21H,1-2H2,3-4H3;2-3,5,7-15H,4,6,16H2,1H3;1-2H3/b22-13+,23-20+,25-21+;3-2-;. The SMILES string of the molecule is C/C=C\CN(C1=CCCC=C1)c1cccc2ccccc12.C=C/C=C(C)/C(C)=C/C=C(\C=C)N(c1ccccc1)c1cccc2ccccc12.CC. The number of nitrogens with zero attached hydrogens (tertiary/aromatic N) is 2. The lowest BCUT2D eigenvalue weighted by Crippen LogP contribution is -2.22. The number of benzene rings is 5. The van der Waals surface area contributed by atoms with Gasteiger partial charge in [0, 0.05) is 40.1 Å². The summed E-state index contributed by atoms with van der Waals surface area (Å²) in [7, 11) is 0. The summed E-state index contributed by atoms with van der Waals surface area (Å²) in [6, 6.07) is 40.4. The molecule has 0 N–H and O–H groups in total. The molecule has 2 heteroatoms. The molecule has 52 heavy (non-hydrogen) atoms. The highest BCUT2D eigenvalue weighted by molar-refractivity contribution is 5.97. The molecule has 264 valence electrons. The third-order valence-corrected chi connectivity index (χ3v) is 8.85. The zero-order valence-corrected chi connectivity index (χ0v) is 31.7. The molecule has 0 saturated heterocycles. The van der Waals surface area contributed by atoms with Crippen molar-refractivity contribution in [3.8, 4) is 0 Å². The van der Waals surface area contributed by atoms with E-state index in [1.165, 1.54) is 44.1 Å². The van der Waals surface area contributed by atoms with Crippen molar-refractivity contribution in [2.45, 2.75) is 47.5 Å². The van der Waals surface area contributed by atoms with E-state index in [0.29, 0.717) is 0 Å². The van der Waals surface area contributed by atoms with Crippen LogP contribution in [-0.2, 0) is 0 Å². The van der Waals surface area contributed by atoms with Crippen molar-refractivity contribution < 1.29 is 0 Å². The quantitative estimate of drug-likeness (QED) is 0.101. The highest BCUT2D eigenvalue weighted by atomic mass is 15.1. The summed E-state index contributed by atoms with van der Waals surface area (Å²) in [5, 5.41) is 5.02. The molecule has 5 aromatic carbocycles. The van der Waals surface area contributed by atoms with Gasteiger partial charge in [0.15, 0.2) is 0 Å². The number of allylic oxidation sites excluding steroid dienone is 11. The van der Waals surface area contributed by atoms with Crippen LogP contribution in [0.1, 0.15) is 47.5 Å². The highest BCUT2D eigenvalue weighted by Gasteiger charge is 2.15. The molecule has 6 rings (SSSR count). The smallest absolute Gasteiger partial charge is 0.0540 e. The second-order valence-corrected chi connectivity index (χ2v) is 12.2. The van der Waals surface area contributed by atoms with E-state index in [1.54, 1.807) is 0 Å². The van der Waals surface area contributed by atoms with E-state index < -0.39 is 0 Å². The van der Waals surface area contributed by atoms with Gasteiger partial charge in [0.25, 0.3) is 0 Å². The maximum atomic E-state index is 4.10. The van der Waals surface area contributed by atoms with E-state index >= 15 is 0 Å². The average molecular weight is 683 g/mol. The van der Waals surface area contributed by atoms with Gasteiger partial charge in [-0.1, -0.05) is 161 Å². The van der Waals surface area contributed by atoms with E-state index in [0.717, 1.165) is 36.5 Å². The molecule has 0 amide bonds. The largest absolute Gasteiger partial charge is 0.337 e. The van der Waals surface area contributed by atoms with E-state index in [4.69, 9.17) is 0 Å². The topological polar surface area (TPSA) is 6.48 Å². The van der Waals surface area contributed by atoms with Crippen molar-refractivity contribution in [3.63, 3.8) is 0 Å². The van der Waals surface area contributed by atoms with Gasteiger partial charge in [-0.2, -0.15) is 0 Å². The first-order valence-corrected chi connectivity index (χ1v) is 18.4. The summed E-state index contributed by atoms with van der Waals surface area (Å²) in [6.07, 6.45) is 23.5. The number of rotatable bonds is 11. The molecule has 0 aromatic heterocycles. The predicted molar refractivity (Wildman–Crippen MR) is 232 cm³/mol. The Morgan fingerprint density at radius 3 is 1.83 bits per heavy atom. The zero-order valence-electron chi connectivity index (χ0n) is 31.7. The van der Waals surface area contributed by atoms with Gasteiger partial charge in [0.2, 0.25) is 0 Å². The molecule has 5 aromatic rings. The summed E-state index contributed by atoms with van der Waals surface area (Å²) in [5.41, 5.74) is 8.20. The molecule has 0 radical (unpaired) electrons. The molecule has 0 atom stereocenters. The first-order valence-electron chi connectivity index (χ1n) is 18.4. The fraction of sp³-hybridized carbons (Fsp3) is 0.160. The minimum atomic E-state index is 0.903. The Morgan fingerprint density at radius 2 is 1.23 bits per heavy atom. The summed E-state index contributed by atoms with van der Waals surface area (Å²) >= 11 is 0. The van der Waals surface area contributed by atoms with Crippen molar-refractivity contribution >= 4 is 38.6 Å². The maximum Gasteiger partial charge on any atom is 0.0540 e. The van der Waals surface area contributed by atoms with Gasteiger partial charge >= 0.3 is 0 Å². The van der Waals surface area contributed by atoms with Crippen LogP contribution in [0.2, 0.25) is 0 Å². The molecular weight excluding hydrogens is 629 g/mol. The second kappa shape index (κ2) is 20.7. The van der Waals surface area contributed by atoms with Crippen LogP contribution in [-0.4, -0.2) is 6.54 Å². The van der Waals surface area contributed by atoms with Crippen LogP contribution < -0.4 is 9.80 Å². The molecule has 1 aliphatic carbocycles. The Kier molecular flexibility index (Phi) is 15.5. The predicted octanol–water partition coefficient (Wildman–Crippen LogP) is 14.6. The number of anilines is 3. The van der Waals surface area contributed by atoms with E-state index in [2.05, 4.69) is 195 Å². The molecule has 0 aliphatic heterocycles. The average Bonchev–Trinajstić information content (AvgIpc) is 3.21. The number of fused-ring (bicyclic) bond motifs is 2. The van der Waals surface area contributed by atoms with Crippen molar-refractivity contribution in [2.24, 2.45) is 0 Å². The summed E-state index contributed by atoms with van der Waals surface area (Å²) in [4.78, 5) is 4.66. The van der Waals surface area contributed by atoms with Crippen molar-refractivity contribution in [1.29, 1.82) is 0 Å². The lowest BCUT2D eigenvalue weighted by Gasteiger charge is -2.27. The molecule has 0 saturated carbocycles. The van der Waals surface area contributed by atoms with Crippen molar-refractivity contribution in [1.82, 2.24) is 0 Å². The maximum absolute atomic E-state index is 4.10. The van der Waals surface area contributed by atoms with E-state index in [9.17, 15) is 0 Å². The fourth-order valence-electron chi connectivity index (χ4n) is 6.09. The first-order chi connectivity index (χ1) is 25.5. The minimum Gasteiger partial charge on any atom is -0.337 e. The Morgan fingerprint density at radius 1 is 0.654 bits per heavy atom. The first kappa shape index (κ1) is 38.9. The van der Waals surface area contributed by atoms with E-state index in [1.807, 2.05) is 38.1 Å². The van der Waals surface area contributed by atoms with Gasteiger partial charge in [-0.25, -0.2) is 0 Å². The molecule has 0 spiro atoms. The Bertz CT molecular complexity index is 2090. The summed E-state index contributed by atoms with van der Waals surface area (Å²) < 4.78 is 0. The Labute approximate surface area is 313 Å². The lowest BCUT2D eigenvalue weighted by molar-refractivity contribution is 0.959. The van der Waals surface area contributed by atoms with Gasteiger partial charge in [-0.3, -0.25) is 0 Å². The third kappa shape index (κ3) is 10.1. The highest BCUT2D eigenvalue weighted by Crippen LogP contribution is 2.36. The van der Waals surface area contributed by atoms with Gasteiger partial charge in [0.1, 0.15) is 0 Å². The molecule has 0 heterocycles. The normalized spacial score (nSPS) is 13.1. The van der Waals surface area contributed by atoms with Crippen LogP contribution in [0.3, 0.4) is 0 Å². The molecular formula is C50H54N2. The van der Waals surface area contributed by atoms with Crippen molar-refractivity contribution in [2.75, 3.05) is 16.3 Å². The molecule has 0 fully saturated rings. The monoisotopic (exact) mass is 682 g/mol. The van der Waals surface area contributed by atoms with Gasteiger partial charge < -0.3 is 9.80 Å². The van der Waals surface area contributed by atoms with Gasteiger partial charge in [-0.05, 0) is 98.0 Å². The Balaban J connectivity index is 0.000000232. The van der Waals surface area contributed by atoms with Crippen LogP contribution in [0.25, 0.3) is 21.5 Å². The number of hydrogen-bond donors (Lipinski definition) is 0. The lowest BCUT2D eigenvalue weighted by atomic mass is 10.1. The van der Waals surface area contributed by atoms with Crippen LogP contribution in [0.5, 0.6) is 0 Å². The molecule has 0 bridgehead atoms. The van der Waals surface area contributed by atoms with Gasteiger partial charge in [-0.15, -0.1) is 0 Å². The fourth-order valence-corrected chi connectivity index (χ4v) is 6.09. The van der Waals surface area contributed by atoms with E-state index in [-0.39, 0.29) is 0 Å². The van der Waals surface area contributed by atoms with Crippen LogP contribution in [0.4, 0.5) is 17.1 Å². The number of para-hydroxylation sites is 1. The van der Waals surface area contributed by atoms with Crippen LogP contribution >= 0.6 is 0 Å². The molecule has 0 unspecified atom stereocenters. The third-order valence-electron chi connectivity index (χ3n) is 8.85. The second-order valence-electron chi connectivity index (χ2n) is 12.2. The minimum absolute atomic E-state index is 0.903. The zero-order chi connectivity index (χ0) is 37.1.